The number of phenolic OH excluding ortho intramolecular Hbond substituents is 1. The minimum absolute atomic E-state index is 0.0807. The molecule has 1 heterocycles. The molecule has 1 aromatic heterocycles. The van der Waals surface area contributed by atoms with Gasteiger partial charge < -0.3 is 19.5 Å². The molecule has 1 aliphatic carbocycles. The first-order chi connectivity index (χ1) is 16.8. The Morgan fingerprint density at radius 1 is 1.06 bits per heavy atom. The fraction of sp³-hybridized carbons (Fsp3) is 0.241. The van der Waals surface area contributed by atoms with Crippen molar-refractivity contribution in [3.8, 4) is 33.8 Å². The molecule has 4 aromatic rings. The third-order valence-electron chi connectivity index (χ3n) is 6.74. The maximum Gasteiger partial charge on any atom is 0.176 e. The summed E-state index contributed by atoms with van der Waals surface area (Å²) in [7, 11) is 5.60. The van der Waals surface area contributed by atoms with Crippen molar-refractivity contribution >= 4 is 28.8 Å². The third kappa shape index (κ3) is 4.26. The summed E-state index contributed by atoms with van der Waals surface area (Å²) in [4.78, 5) is 19.0. The van der Waals surface area contributed by atoms with Crippen LogP contribution < -0.4 is 4.74 Å². The fourth-order valence-corrected chi connectivity index (χ4v) is 4.89. The van der Waals surface area contributed by atoms with Crippen LogP contribution in [0.2, 0.25) is 5.02 Å². The molecule has 3 aromatic carbocycles. The Labute approximate surface area is 209 Å². The van der Waals surface area contributed by atoms with Gasteiger partial charge in [-0.3, -0.25) is 4.98 Å². The van der Waals surface area contributed by atoms with Gasteiger partial charge in [0.2, 0.25) is 0 Å². The number of rotatable bonds is 7. The summed E-state index contributed by atoms with van der Waals surface area (Å²) in [5.74, 6) is 0.233. The zero-order valence-corrected chi connectivity index (χ0v) is 20.8. The lowest BCUT2D eigenvalue weighted by atomic mass is 9.87. The van der Waals surface area contributed by atoms with Crippen LogP contribution in [-0.2, 0) is 16.8 Å². The van der Waals surface area contributed by atoms with Gasteiger partial charge in [-0.05, 0) is 84.6 Å². The van der Waals surface area contributed by atoms with Gasteiger partial charge in [0.1, 0.15) is 6.29 Å². The predicted octanol–water partition coefficient (Wildman–Crippen LogP) is 6.23. The maximum absolute atomic E-state index is 12.1. The summed E-state index contributed by atoms with van der Waals surface area (Å²) < 4.78 is 5.30. The van der Waals surface area contributed by atoms with Gasteiger partial charge in [0.15, 0.2) is 11.5 Å². The van der Waals surface area contributed by atoms with Crippen LogP contribution in [0.25, 0.3) is 33.2 Å². The monoisotopic (exact) mass is 486 g/mol. The Balaban J connectivity index is 1.73. The van der Waals surface area contributed by atoms with Crippen molar-refractivity contribution in [2.24, 2.45) is 0 Å². The summed E-state index contributed by atoms with van der Waals surface area (Å²) in [6.07, 6.45) is 4.61. The number of carbonyl (C=O) groups is 1. The van der Waals surface area contributed by atoms with E-state index in [-0.39, 0.29) is 10.8 Å². The highest BCUT2D eigenvalue weighted by Crippen LogP contribution is 2.51. The third-order valence-corrected chi connectivity index (χ3v) is 7.03. The summed E-state index contributed by atoms with van der Waals surface area (Å²) in [5, 5.41) is 11.4. The molecule has 0 bridgehead atoms. The maximum atomic E-state index is 12.1. The number of carbonyl (C=O) groups excluding carboxylic acids is 1. The van der Waals surface area contributed by atoms with Crippen molar-refractivity contribution in [1.82, 2.24) is 9.88 Å². The lowest BCUT2D eigenvalue weighted by Crippen LogP contribution is -2.11. The van der Waals surface area contributed by atoms with Crippen LogP contribution in [0.3, 0.4) is 0 Å². The SMILES string of the molecule is COc1cc(-c2ccc3ncc(C4(C=O)CC4)c(-c4ccc(CN(C)C)cc4)c3c2)cc(Cl)c1O. The average molecular weight is 487 g/mol. The van der Waals surface area contributed by atoms with Crippen LogP contribution in [0.5, 0.6) is 11.5 Å². The number of methoxy groups -OCH3 is 1. The molecule has 1 saturated carbocycles. The summed E-state index contributed by atoms with van der Waals surface area (Å²) in [6, 6.07) is 18.1. The van der Waals surface area contributed by atoms with E-state index >= 15 is 0 Å². The summed E-state index contributed by atoms with van der Waals surface area (Å²) >= 11 is 6.27. The van der Waals surface area contributed by atoms with E-state index in [1.165, 1.54) is 12.7 Å². The number of aldehydes is 1. The Kier molecular flexibility index (Phi) is 5.99. The number of aromatic nitrogens is 1. The van der Waals surface area contributed by atoms with E-state index in [9.17, 15) is 9.90 Å². The van der Waals surface area contributed by atoms with Crippen LogP contribution in [0, 0.1) is 0 Å². The average Bonchev–Trinajstić information content (AvgIpc) is 3.66. The van der Waals surface area contributed by atoms with Gasteiger partial charge in [0.05, 0.1) is 23.1 Å². The second-order valence-electron chi connectivity index (χ2n) is 9.50. The molecule has 0 saturated heterocycles. The van der Waals surface area contributed by atoms with E-state index in [0.29, 0.717) is 5.75 Å². The standard InChI is InChI=1S/C29H27ClN2O3/c1-32(2)16-18-4-6-19(7-5-18)27-22-12-20(21-13-24(30)28(34)26(14-21)35-3)8-9-25(22)31-15-23(27)29(17-33)10-11-29/h4-9,12-15,17,34H,10-11,16H2,1-3H3. The molecule has 0 radical (unpaired) electrons. The van der Waals surface area contributed by atoms with Gasteiger partial charge in [-0.15, -0.1) is 0 Å². The molecule has 178 valence electrons. The zero-order valence-electron chi connectivity index (χ0n) is 20.0. The second kappa shape index (κ2) is 8.99. The number of nitrogens with zero attached hydrogens (tertiary/aromatic N) is 2. The lowest BCUT2D eigenvalue weighted by Gasteiger charge is -2.18. The van der Waals surface area contributed by atoms with E-state index in [0.717, 1.165) is 64.4 Å². The second-order valence-corrected chi connectivity index (χ2v) is 9.90. The number of phenols is 1. The van der Waals surface area contributed by atoms with Gasteiger partial charge >= 0.3 is 0 Å². The summed E-state index contributed by atoms with van der Waals surface area (Å²) in [6.45, 7) is 0.857. The van der Waals surface area contributed by atoms with Crippen LogP contribution in [0.15, 0.2) is 60.8 Å². The molecule has 1 N–H and O–H groups in total. The number of ether oxygens (including phenoxy) is 1. The Hall–Kier alpha value is -3.41. The van der Waals surface area contributed by atoms with Gasteiger partial charge in [0, 0.05) is 18.1 Å². The van der Waals surface area contributed by atoms with Crippen LogP contribution in [-0.4, -0.2) is 42.5 Å². The molecule has 0 amide bonds. The van der Waals surface area contributed by atoms with E-state index < -0.39 is 5.41 Å². The molecule has 0 unspecified atom stereocenters. The van der Waals surface area contributed by atoms with Gasteiger partial charge in [-0.2, -0.15) is 0 Å². The molecular formula is C29H27ClN2O3. The largest absolute Gasteiger partial charge is 0.503 e. The smallest absolute Gasteiger partial charge is 0.176 e. The van der Waals surface area contributed by atoms with Crippen LogP contribution in [0.1, 0.15) is 24.0 Å². The molecule has 1 aliphatic rings. The minimum atomic E-state index is -0.472. The van der Waals surface area contributed by atoms with Crippen molar-refractivity contribution in [3.63, 3.8) is 0 Å². The van der Waals surface area contributed by atoms with Crippen molar-refractivity contribution < 1.29 is 14.6 Å². The first-order valence-corrected chi connectivity index (χ1v) is 11.9. The van der Waals surface area contributed by atoms with E-state index in [2.05, 4.69) is 49.3 Å². The van der Waals surface area contributed by atoms with Gasteiger partial charge in [0.25, 0.3) is 0 Å². The van der Waals surface area contributed by atoms with Gasteiger partial charge in [-0.1, -0.05) is 41.9 Å². The fourth-order valence-electron chi connectivity index (χ4n) is 4.68. The highest BCUT2D eigenvalue weighted by Gasteiger charge is 2.46. The molecular weight excluding hydrogens is 460 g/mol. The number of aromatic hydroxyl groups is 1. The number of halogens is 1. The number of hydrogen-bond donors (Lipinski definition) is 1. The molecule has 0 aliphatic heterocycles. The minimum Gasteiger partial charge on any atom is -0.503 e. The topological polar surface area (TPSA) is 62.7 Å². The molecule has 5 nitrogen and oxygen atoms in total. The number of fused-ring (bicyclic) bond motifs is 1. The van der Waals surface area contributed by atoms with Crippen LogP contribution >= 0.6 is 11.6 Å². The summed E-state index contributed by atoms with van der Waals surface area (Å²) in [5.41, 5.74) is 6.40. The molecule has 35 heavy (non-hydrogen) atoms. The quantitative estimate of drug-likeness (QED) is 0.314. The van der Waals surface area contributed by atoms with Gasteiger partial charge in [-0.25, -0.2) is 0 Å². The van der Waals surface area contributed by atoms with Crippen molar-refractivity contribution in [2.45, 2.75) is 24.8 Å². The van der Waals surface area contributed by atoms with Crippen LogP contribution in [0.4, 0.5) is 0 Å². The Morgan fingerprint density at radius 3 is 2.40 bits per heavy atom. The molecule has 0 atom stereocenters. The Morgan fingerprint density at radius 2 is 1.77 bits per heavy atom. The number of hydrogen-bond acceptors (Lipinski definition) is 5. The first kappa shape index (κ1) is 23.3. The highest BCUT2D eigenvalue weighted by atomic mass is 35.5. The Bertz CT molecular complexity index is 1430. The zero-order chi connectivity index (χ0) is 24.7. The molecule has 6 heteroatoms. The number of benzene rings is 3. The van der Waals surface area contributed by atoms with E-state index in [4.69, 9.17) is 21.3 Å². The molecule has 5 rings (SSSR count). The lowest BCUT2D eigenvalue weighted by molar-refractivity contribution is -0.109. The van der Waals surface area contributed by atoms with Crippen molar-refractivity contribution in [1.29, 1.82) is 0 Å². The van der Waals surface area contributed by atoms with Crippen molar-refractivity contribution in [2.75, 3.05) is 21.2 Å². The van der Waals surface area contributed by atoms with Crippen molar-refractivity contribution in [3.05, 3.63) is 76.9 Å². The normalized spacial score (nSPS) is 14.3. The number of pyridine rings is 1. The predicted molar refractivity (Wildman–Crippen MR) is 140 cm³/mol. The highest BCUT2D eigenvalue weighted by molar-refractivity contribution is 6.32. The molecule has 1 fully saturated rings. The first-order valence-electron chi connectivity index (χ1n) is 11.6. The van der Waals surface area contributed by atoms with E-state index in [1.807, 2.05) is 18.3 Å². The molecule has 0 spiro atoms. The van der Waals surface area contributed by atoms with E-state index in [1.54, 1.807) is 12.1 Å².